The fourth-order valence-electron chi connectivity index (χ4n) is 4.89. The third-order valence-corrected chi connectivity index (χ3v) is 7.13. The maximum atomic E-state index is 14.2. The Morgan fingerprint density at radius 3 is 2.56 bits per heavy atom. The van der Waals surface area contributed by atoms with Crippen LogP contribution in [0.5, 0.6) is 0 Å². The number of carbonyl (C=O) groups excluding carboxylic acids is 2. The molecule has 2 amide bonds. The van der Waals surface area contributed by atoms with E-state index in [1.807, 2.05) is 0 Å². The highest BCUT2D eigenvalue weighted by Gasteiger charge is 2.42. The molecule has 10 heteroatoms. The van der Waals surface area contributed by atoms with Crippen LogP contribution in [0.3, 0.4) is 0 Å². The molecule has 1 saturated heterocycles. The van der Waals surface area contributed by atoms with Gasteiger partial charge in [0.25, 0.3) is 5.91 Å². The number of rotatable bonds is 12. The molecule has 2 aliphatic rings. The van der Waals surface area contributed by atoms with Crippen molar-refractivity contribution >= 4 is 11.8 Å². The number of likely N-dealkylation sites (N-methyl/N-ethyl adjacent to an activating group) is 1. The standard InChI is InChI=1S/C31H38FN7O2/c1-3-15-37(29-22-27(29)23-6-10-25(32)11-7-23)16-4-5-28(31(41)38-20-18-36(2)19-21-38)34-30(40)24-8-12-26(13-9-24)39-17-14-33-35-39/h3,6-14,17,27-29H,1,4-5,15-16,18-22H2,2H3,(H,34,40)/t27-,28-,29+/m0/s1/i18D2,19D2,20D2,21D2. The average Bonchev–Trinajstić information content (AvgIpc) is 3.65. The van der Waals surface area contributed by atoms with Crippen molar-refractivity contribution in [2.45, 2.75) is 37.3 Å². The van der Waals surface area contributed by atoms with Crippen LogP contribution in [0.1, 0.15) is 52.1 Å². The van der Waals surface area contributed by atoms with Gasteiger partial charge in [0.1, 0.15) is 11.9 Å². The summed E-state index contributed by atoms with van der Waals surface area (Å²) in [4.78, 5) is 30.1. The molecule has 1 aliphatic carbocycles. The van der Waals surface area contributed by atoms with Gasteiger partial charge in [0.15, 0.2) is 0 Å². The van der Waals surface area contributed by atoms with Gasteiger partial charge in [-0.1, -0.05) is 23.4 Å². The molecular formula is C31H38FN7O2. The molecule has 2 fully saturated rings. The molecule has 1 aliphatic heterocycles. The van der Waals surface area contributed by atoms with Crippen LogP contribution in [-0.4, -0.2) is 99.7 Å². The van der Waals surface area contributed by atoms with Crippen LogP contribution in [-0.2, 0) is 4.79 Å². The lowest BCUT2D eigenvalue weighted by atomic mass is 10.1. The minimum atomic E-state index is -3.35. The Kier molecular flexibility index (Phi) is 6.45. The summed E-state index contributed by atoms with van der Waals surface area (Å²) in [6.07, 6.45) is 5.80. The Morgan fingerprint density at radius 2 is 1.90 bits per heavy atom. The zero-order valence-corrected chi connectivity index (χ0v) is 22.7. The first-order chi connectivity index (χ1) is 22.9. The van der Waals surface area contributed by atoms with Crippen molar-refractivity contribution in [1.82, 2.24) is 35.0 Å². The van der Waals surface area contributed by atoms with Crippen LogP contribution in [0.15, 0.2) is 73.6 Å². The number of benzene rings is 2. The Labute approximate surface area is 251 Å². The van der Waals surface area contributed by atoms with Crippen LogP contribution in [0.25, 0.3) is 5.69 Å². The maximum Gasteiger partial charge on any atom is 0.251 e. The summed E-state index contributed by atoms with van der Waals surface area (Å²) in [5, 5.41) is 10.2. The van der Waals surface area contributed by atoms with Gasteiger partial charge in [-0.3, -0.25) is 14.5 Å². The van der Waals surface area contributed by atoms with Crippen LogP contribution >= 0.6 is 0 Å². The Bertz CT molecular complexity index is 1630. The van der Waals surface area contributed by atoms with Gasteiger partial charge in [0.2, 0.25) is 5.91 Å². The molecule has 2 heterocycles. The van der Waals surface area contributed by atoms with E-state index < -0.39 is 43.8 Å². The summed E-state index contributed by atoms with van der Waals surface area (Å²) >= 11 is 0. The molecular weight excluding hydrogens is 521 g/mol. The summed E-state index contributed by atoms with van der Waals surface area (Å²) in [6, 6.07) is 11.0. The summed E-state index contributed by atoms with van der Waals surface area (Å²) < 4.78 is 82.7. The van der Waals surface area contributed by atoms with Crippen molar-refractivity contribution in [3.05, 3.63) is 90.5 Å². The van der Waals surface area contributed by atoms with Gasteiger partial charge in [-0.15, -0.1) is 11.7 Å². The Morgan fingerprint density at radius 1 is 1.17 bits per heavy atom. The lowest BCUT2D eigenvalue weighted by molar-refractivity contribution is -0.135. The van der Waals surface area contributed by atoms with Crippen molar-refractivity contribution < 1.29 is 24.9 Å². The molecule has 3 atom stereocenters. The van der Waals surface area contributed by atoms with Gasteiger partial charge in [-0.05, 0) is 74.8 Å². The first kappa shape index (κ1) is 20.1. The summed E-state index contributed by atoms with van der Waals surface area (Å²) in [5.74, 6) is -2.21. The molecule has 3 aromatic rings. The highest BCUT2D eigenvalue weighted by atomic mass is 19.1. The Hall–Kier alpha value is -3.89. The summed E-state index contributed by atoms with van der Waals surface area (Å²) in [7, 11) is 0.908. The monoisotopic (exact) mass is 567 g/mol. The number of carbonyl (C=O) groups is 2. The smallest absolute Gasteiger partial charge is 0.251 e. The highest BCUT2D eigenvalue weighted by molar-refractivity contribution is 5.97. The van der Waals surface area contributed by atoms with E-state index in [0.29, 0.717) is 23.7 Å². The van der Waals surface area contributed by atoms with E-state index in [-0.39, 0.29) is 41.1 Å². The lowest BCUT2D eigenvalue weighted by Gasteiger charge is -2.35. The van der Waals surface area contributed by atoms with E-state index in [1.54, 1.807) is 36.5 Å². The second-order valence-electron chi connectivity index (χ2n) is 9.99. The number of aromatic nitrogens is 3. The molecule has 0 radical (unpaired) electrons. The second kappa shape index (κ2) is 13.2. The number of hydrogen-bond donors (Lipinski definition) is 1. The van der Waals surface area contributed by atoms with E-state index in [9.17, 15) is 14.0 Å². The van der Waals surface area contributed by atoms with Crippen molar-refractivity contribution in [3.63, 3.8) is 0 Å². The van der Waals surface area contributed by atoms with Gasteiger partial charge >= 0.3 is 0 Å². The molecule has 0 bridgehead atoms. The highest BCUT2D eigenvalue weighted by Crippen LogP contribution is 2.44. The number of nitrogens with zero attached hydrogens (tertiary/aromatic N) is 6. The van der Waals surface area contributed by atoms with Crippen LogP contribution < -0.4 is 5.32 Å². The molecule has 1 saturated carbocycles. The van der Waals surface area contributed by atoms with Crippen LogP contribution in [0, 0.1) is 5.82 Å². The van der Waals surface area contributed by atoms with Crippen molar-refractivity contribution in [2.75, 3.05) is 46.1 Å². The number of amides is 2. The SMILES string of the molecule is [2H]C1([2H])N(C)C([2H])([2H])C([2H])([2H])N(C(=O)[C@H](CCCN(CC=C)[C@@H]2C[C@H]2c2ccc(F)cc2)NC(=O)c2ccc(-n3ccnn3)cc2)C1([2H])[2H]. The van der Waals surface area contributed by atoms with Gasteiger partial charge in [0, 0.05) is 55.5 Å². The lowest BCUT2D eigenvalue weighted by Crippen LogP contribution is -2.54. The molecule has 9 nitrogen and oxygen atoms in total. The predicted molar refractivity (Wildman–Crippen MR) is 155 cm³/mol. The van der Waals surface area contributed by atoms with Crippen molar-refractivity contribution in [1.29, 1.82) is 0 Å². The third kappa shape index (κ3) is 7.25. The second-order valence-corrected chi connectivity index (χ2v) is 9.99. The van der Waals surface area contributed by atoms with E-state index in [0.717, 1.165) is 19.0 Å². The molecule has 41 heavy (non-hydrogen) atoms. The fourth-order valence-corrected chi connectivity index (χ4v) is 4.89. The molecule has 1 N–H and O–H groups in total. The van der Waals surface area contributed by atoms with E-state index >= 15 is 0 Å². The van der Waals surface area contributed by atoms with Gasteiger partial charge in [-0.25, -0.2) is 9.07 Å². The first-order valence-corrected chi connectivity index (χ1v) is 13.4. The van der Waals surface area contributed by atoms with Crippen LogP contribution in [0.4, 0.5) is 4.39 Å². The number of piperazine rings is 1. The van der Waals surface area contributed by atoms with E-state index in [4.69, 9.17) is 11.0 Å². The third-order valence-electron chi connectivity index (χ3n) is 7.13. The van der Waals surface area contributed by atoms with Gasteiger partial charge < -0.3 is 15.1 Å². The quantitative estimate of drug-likeness (QED) is 0.339. The number of halogens is 1. The predicted octanol–water partition coefficient (Wildman–Crippen LogP) is 3.10. The topological polar surface area (TPSA) is 86.6 Å². The normalized spacial score (nSPS) is 27.4. The molecule has 5 rings (SSSR count). The molecule has 0 unspecified atom stereocenters. The minimum Gasteiger partial charge on any atom is -0.340 e. The Balaban J connectivity index is 1.39. The molecule has 1 aromatic heterocycles. The zero-order valence-electron chi connectivity index (χ0n) is 30.7. The molecule has 2 aromatic carbocycles. The molecule has 0 spiro atoms. The van der Waals surface area contributed by atoms with Crippen molar-refractivity contribution in [3.8, 4) is 5.69 Å². The molecule has 216 valence electrons. The number of nitrogens with one attached hydrogen (secondary N) is 1. The number of hydrogen-bond acceptors (Lipinski definition) is 6. The first-order valence-electron chi connectivity index (χ1n) is 17.4. The average molecular weight is 568 g/mol. The van der Waals surface area contributed by atoms with Gasteiger partial charge in [0.05, 0.1) is 23.6 Å². The van der Waals surface area contributed by atoms with E-state index in [1.165, 1.54) is 35.1 Å². The minimum absolute atomic E-state index is 0.0360. The largest absolute Gasteiger partial charge is 0.340 e. The fraction of sp³-hybridized carbons (Fsp3) is 0.419. The van der Waals surface area contributed by atoms with Gasteiger partial charge in [-0.2, -0.15) is 0 Å². The maximum absolute atomic E-state index is 14.2. The summed E-state index contributed by atoms with van der Waals surface area (Å²) in [6.45, 7) is -8.25. The van der Waals surface area contributed by atoms with E-state index in [2.05, 4.69) is 27.1 Å². The van der Waals surface area contributed by atoms with Crippen molar-refractivity contribution in [2.24, 2.45) is 0 Å². The van der Waals surface area contributed by atoms with Crippen LogP contribution in [0.2, 0.25) is 0 Å². The zero-order chi connectivity index (χ0) is 35.9. The summed E-state index contributed by atoms with van der Waals surface area (Å²) in [5.41, 5.74) is 1.72.